The van der Waals surface area contributed by atoms with Gasteiger partial charge in [0.05, 0.1) is 19.3 Å². The number of rotatable bonds is 4. The molecule has 9 nitrogen and oxygen atoms in total. The van der Waals surface area contributed by atoms with Crippen LogP contribution in [0.15, 0.2) is 6.33 Å². The highest BCUT2D eigenvalue weighted by Gasteiger charge is 2.59. The number of anilines is 2. The van der Waals surface area contributed by atoms with Gasteiger partial charge in [-0.05, 0) is 0 Å². The number of hydrogen-bond acceptors (Lipinski definition) is 9. The van der Waals surface area contributed by atoms with E-state index >= 15 is 0 Å². The van der Waals surface area contributed by atoms with Crippen LogP contribution in [0.25, 0.3) is 0 Å². The molecule has 1 fully saturated rings. The van der Waals surface area contributed by atoms with Gasteiger partial charge in [-0.3, -0.25) is 0 Å². The van der Waals surface area contributed by atoms with Gasteiger partial charge in [0.2, 0.25) is 0 Å². The Morgan fingerprint density at radius 2 is 2.00 bits per heavy atom. The van der Waals surface area contributed by atoms with E-state index in [4.69, 9.17) is 17.3 Å². The summed E-state index contributed by atoms with van der Waals surface area (Å²) >= 11 is 5.75. The van der Waals surface area contributed by atoms with E-state index in [0.29, 0.717) is 0 Å². The first-order chi connectivity index (χ1) is 9.86. The summed E-state index contributed by atoms with van der Waals surface area (Å²) in [7, 11) is 0. The summed E-state index contributed by atoms with van der Waals surface area (Å²) in [5.41, 5.74) is 3.67. The van der Waals surface area contributed by atoms with Crippen molar-refractivity contribution in [1.82, 2.24) is 9.97 Å². The van der Waals surface area contributed by atoms with E-state index < -0.39 is 43.0 Å². The van der Waals surface area contributed by atoms with Gasteiger partial charge < -0.3 is 36.6 Å². The van der Waals surface area contributed by atoms with E-state index in [1.54, 1.807) is 0 Å². The average Bonchev–Trinajstić information content (AvgIpc) is 2.65. The van der Waals surface area contributed by atoms with Crippen molar-refractivity contribution in [2.75, 3.05) is 24.3 Å². The molecule has 118 valence electrons. The van der Waals surface area contributed by atoms with Crippen molar-refractivity contribution in [3.8, 4) is 0 Å². The van der Waals surface area contributed by atoms with Gasteiger partial charge in [0.25, 0.3) is 0 Å². The number of nitrogens with two attached hydrogens (primary N) is 1. The van der Waals surface area contributed by atoms with E-state index in [1.807, 2.05) is 0 Å². The molecule has 0 aromatic carbocycles. The zero-order valence-corrected chi connectivity index (χ0v) is 11.6. The summed E-state index contributed by atoms with van der Waals surface area (Å²) in [4.78, 5) is 7.52. The van der Waals surface area contributed by atoms with Crippen molar-refractivity contribution in [3.05, 3.63) is 11.5 Å². The third-order valence-corrected chi connectivity index (χ3v) is 4.17. The molecule has 0 saturated heterocycles. The van der Waals surface area contributed by atoms with Crippen molar-refractivity contribution in [2.45, 2.75) is 23.9 Å². The van der Waals surface area contributed by atoms with Crippen LogP contribution in [0.2, 0.25) is 5.15 Å². The van der Waals surface area contributed by atoms with Crippen LogP contribution in [0, 0.1) is 5.92 Å². The number of hydrogen-bond donors (Lipinski definition) is 7. The lowest BCUT2D eigenvalue weighted by Gasteiger charge is -2.31. The fraction of sp³-hybridized carbons (Fsp3) is 0.636. The lowest BCUT2D eigenvalue weighted by molar-refractivity contribution is -0.134. The third-order valence-electron chi connectivity index (χ3n) is 3.87. The van der Waals surface area contributed by atoms with Crippen LogP contribution in [0.1, 0.15) is 0 Å². The molecule has 0 spiro atoms. The first-order valence-electron chi connectivity index (χ1n) is 6.19. The van der Waals surface area contributed by atoms with Crippen LogP contribution in [0.4, 0.5) is 11.5 Å². The van der Waals surface area contributed by atoms with Crippen molar-refractivity contribution in [1.29, 1.82) is 0 Å². The zero-order valence-electron chi connectivity index (χ0n) is 10.9. The molecular weight excluding hydrogens is 304 g/mol. The normalized spacial score (nSPS) is 35.9. The molecule has 0 bridgehead atoms. The number of aliphatic hydroxyl groups is 5. The molecule has 1 aliphatic carbocycles. The maximum absolute atomic E-state index is 10.2. The van der Waals surface area contributed by atoms with Gasteiger partial charge in [-0.25, -0.2) is 9.97 Å². The Balaban J connectivity index is 2.32. The predicted molar refractivity (Wildman–Crippen MR) is 73.5 cm³/mol. The highest BCUT2D eigenvalue weighted by Crippen LogP contribution is 2.38. The smallest absolute Gasteiger partial charge is 0.157 e. The molecule has 0 aliphatic heterocycles. The van der Waals surface area contributed by atoms with Gasteiger partial charge in [0.15, 0.2) is 11.0 Å². The molecule has 2 rings (SSSR count). The molecule has 0 amide bonds. The maximum atomic E-state index is 10.2. The predicted octanol–water partition coefficient (Wildman–Crippen LogP) is -2.44. The Labute approximate surface area is 125 Å². The first-order valence-corrected chi connectivity index (χ1v) is 6.57. The Kier molecular flexibility index (Phi) is 4.51. The molecule has 0 unspecified atom stereocenters. The molecule has 1 heterocycles. The van der Waals surface area contributed by atoms with Gasteiger partial charge in [0.1, 0.15) is 29.8 Å². The van der Waals surface area contributed by atoms with Crippen molar-refractivity contribution in [2.24, 2.45) is 5.92 Å². The second-order valence-corrected chi connectivity index (χ2v) is 5.33. The van der Waals surface area contributed by atoms with E-state index in [2.05, 4.69) is 15.3 Å². The van der Waals surface area contributed by atoms with Crippen LogP contribution in [-0.2, 0) is 0 Å². The molecule has 5 atom stereocenters. The number of aromatic nitrogens is 2. The second-order valence-electron chi connectivity index (χ2n) is 4.97. The van der Waals surface area contributed by atoms with E-state index in [9.17, 15) is 25.5 Å². The first kappa shape index (κ1) is 16.1. The fourth-order valence-electron chi connectivity index (χ4n) is 2.58. The van der Waals surface area contributed by atoms with Crippen molar-refractivity contribution < 1.29 is 25.5 Å². The minimum absolute atomic E-state index is 0.00139. The van der Waals surface area contributed by atoms with E-state index in [-0.39, 0.29) is 16.7 Å². The van der Waals surface area contributed by atoms with Crippen molar-refractivity contribution >= 4 is 23.1 Å². The van der Waals surface area contributed by atoms with Gasteiger partial charge in [-0.15, -0.1) is 0 Å². The summed E-state index contributed by atoms with van der Waals surface area (Å²) in [5.74, 6) is -0.951. The van der Waals surface area contributed by atoms with Crippen LogP contribution < -0.4 is 11.1 Å². The SMILES string of the molecule is Nc1c(Cl)ncnc1N[C@H]1[C@H](O)[C@@H](O)[C@@](O)(CO)[C@H]1CO. The molecule has 0 radical (unpaired) electrons. The Morgan fingerprint density at radius 3 is 2.57 bits per heavy atom. The largest absolute Gasteiger partial charge is 0.396 e. The summed E-state index contributed by atoms with van der Waals surface area (Å²) in [6.45, 7) is -1.41. The number of nitrogen functional groups attached to an aromatic ring is 1. The minimum atomic E-state index is -2.04. The fourth-order valence-corrected chi connectivity index (χ4v) is 2.71. The van der Waals surface area contributed by atoms with E-state index in [1.165, 1.54) is 0 Å². The number of nitrogens with one attached hydrogen (secondary N) is 1. The maximum Gasteiger partial charge on any atom is 0.157 e. The van der Waals surface area contributed by atoms with Crippen LogP contribution in [-0.4, -0.2) is 72.6 Å². The minimum Gasteiger partial charge on any atom is -0.396 e. The Hall–Kier alpha value is -1.23. The molecule has 8 N–H and O–H groups in total. The van der Waals surface area contributed by atoms with Gasteiger partial charge >= 0.3 is 0 Å². The molecular formula is C11H17ClN4O5. The quantitative estimate of drug-likeness (QED) is 0.298. The van der Waals surface area contributed by atoms with Crippen LogP contribution >= 0.6 is 11.6 Å². The van der Waals surface area contributed by atoms with Gasteiger partial charge in [0, 0.05) is 5.92 Å². The monoisotopic (exact) mass is 320 g/mol. The summed E-state index contributed by atoms with van der Waals surface area (Å²) in [5, 5.41) is 51.5. The molecule has 1 saturated carbocycles. The van der Waals surface area contributed by atoms with E-state index in [0.717, 1.165) is 6.33 Å². The summed E-state index contributed by atoms with van der Waals surface area (Å²) in [6, 6.07) is -0.990. The van der Waals surface area contributed by atoms with Gasteiger partial charge in [-0.1, -0.05) is 11.6 Å². The van der Waals surface area contributed by atoms with Crippen LogP contribution in [0.3, 0.4) is 0 Å². The lowest BCUT2D eigenvalue weighted by atomic mass is 9.89. The highest BCUT2D eigenvalue weighted by molar-refractivity contribution is 6.32. The third kappa shape index (κ3) is 2.52. The second kappa shape index (κ2) is 5.87. The number of halogens is 1. The highest BCUT2D eigenvalue weighted by atomic mass is 35.5. The summed E-state index contributed by atoms with van der Waals surface area (Å²) < 4.78 is 0. The molecule has 1 aliphatic rings. The Morgan fingerprint density at radius 1 is 1.33 bits per heavy atom. The molecule has 21 heavy (non-hydrogen) atoms. The molecule has 1 aromatic heterocycles. The molecule has 1 aromatic rings. The number of nitrogens with zero attached hydrogens (tertiary/aromatic N) is 2. The lowest BCUT2D eigenvalue weighted by Crippen LogP contribution is -2.50. The average molecular weight is 321 g/mol. The number of aliphatic hydroxyl groups excluding tert-OH is 4. The standard InChI is InChI=1S/C11H17ClN4O5/c12-9-5(13)10(15-3-14-9)16-6-4(1-17)11(21,2-18)8(20)7(6)19/h3-4,6-8,17-21H,1-2,13H2,(H,14,15,16)/t4-,6+,7-,8+,11+/m0/s1. The molecule has 10 heteroatoms. The van der Waals surface area contributed by atoms with Crippen LogP contribution in [0.5, 0.6) is 0 Å². The topological polar surface area (TPSA) is 165 Å². The summed E-state index contributed by atoms with van der Waals surface area (Å²) in [6.07, 6.45) is -1.95. The van der Waals surface area contributed by atoms with Gasteiger partial charge in [-0.2, -0.15) is 0 Å². The van der Waals surface area contributed by atoms with Crippen molar-refractivity contribution in [3.63, 3.8) is 0 Å². The Bertz CT molecular complexity index is 521. The zero-order chi connectivity index (χ0) is 15.8.